The highest BCUT2D eigenvalue weighted by Crippen LogP contribution is 2.33. The van der Waals surface area contributed by atoms with Gasteiger partial charge in [0.05, 0.1) is 38.6 Å². The first-order chi connectivity index (χ1) is 49.3. The van der Waals surface area contributed by atoms with Crippen LogP contribution >= 0.6 is 0 Å². The van der Waals surface area contributed by atoms with Gasteiger partial charge in [-0.3, -0.25) is 4.79 Å². The van der Waals surface area contributed by atoms with Crippen LogP contribution in [0.15, 0.2) is 85.1 Å². The first-order valence-corrected chi connectivity index (χ1v) is 40.3. The molecule has 3 heterocycles. The van der Waals surface area contributed by atoms with Gasteiger partial charge in [-0.25, -0.2) is 0 Å². The van der Waals surface area contributed by atoms with Crippen LogP contribution in [0.2, 0.25) is 0 Å². The van der Waals surface area contributed by atoms with E-state index in [4.69, 9.17) is 28.4 Å². The molecule has 0 aromatic rings. The molecule has 0 bridgehead atoms. The summed E-state index contributed by atoms with van der Waals surface area (Å²) in [7, 11) is 0. The predicted octanol–water partition coefficient (Wildman–Crippen LogP) is 13.4. The second-order valence-electron chi connectivity index (χ2n) is 28.5. The molecule has 0 aliphatic carbocycles. The zero-order valence-electron chi connectivity index (χ0n) is 62.6. The normalized spacial score (nSPS) is 26.8. The van der Waals surface area contributed by atoms with Crippen molar-refractivity contribution >= 4 is 5.91 Å². The highest BCUT2D eigenvalue weighted by atomic mass is 16.8. The average molecular weight is 1430 g/mol. The molecule has 3 aliphatic heterocycles. The van der Waals surface area contributed by atoms with Gasteiger partial charge in [0.15, 0.2) is 18.9 Å². The largest absolute Gasteiger partial charge is 0.394 e. The summed E-state index contributed by atoms with van der Waals surface area (Å²) < 4.78 is 34.5. The summed E-state index contributed by atoms with van der Waals surface area (Å²) in [6, 6.07) is -0.890. The third-order valence-electron chi connectivity index (χ3n) is 19.7. The van der Waals surface area contributed by atoms with Gasteiger partial charge >= 0.3 is 0 Å². The Morgan fingerprint density at radius 3 is 1.07 bits per heavy atom. The Bertz CT molecular complexity index is 2150. The molecule has 586 valence electrons. The third kappa shape index (κ3) is 42.2. The first kappa shape index (κ1) is 92.2. The molecule has 3 fully saturated rings. The number of aliphatic hydroxyl groups is 11. The Hall–Kier alpha value is -3.03. The van der Waals surface area contributed by atoms with Crippen molar-refractivity contribution < 1.29 is 89.4 Å². The zero-order chi connectivity index (χ0) is 73.2. The quantitative estimate of drug-likeness (QED) is 0.0199. The summed E-state index contributed by atoms with van der Waals surface area (Å²) in [5, 5.41) is 121. The Balaban J connectivity index is 1.31. The molecule has 12 N–H and O–H groups in total. The number of carbonyl (C=O) groups is 1. The van der Waals surface area contributed by atoms with Gasteiger partial charge in [0.25, 0.3) is 0 Å². The van der Waals surface area contributed by atoms with E-state index < -0.39 is 124 Å². The molecule has 101 heavy (non-hydrogen) atoms. The molecule has 0 radical (unpaired) electrons. The van der Waals surface area contributed by atoms with Gasteiger partial charge in [0.1, 0.15) is 73.2 Å². The molecular formula is C82H145NO18. The lowest BCUT2D eigenvalue weighted by Gasteiger charge is -2.48. The van der Waals surface area contributed by atoms with Crippen LogP contribution in [-0.4, -0.2) is 193 Å². The van der Waals surface area contributed by atoms with E-state index >= 15 is 0 Å². The molecule has 19 heteroatoms. The van der Waals surface area contributed by atoms with E-state index in [0.29, 0.717) is 12.8 Å². The second-order valence-corrected chi connectivity index (χ2v) is 28.5. The Kier molecular flexibility index (Phi) is 56.6. The van der Waals surface area contributed by atoms with Crippen molar-refractivity contribution in [2.24, 2.45) is 0 Å². The van der Waals surface area contributed by atoms with Gasteiger partial charge in [-0.1, -0.05) is 304 Å². The summed E-state index contributed by atoms with van der Waals surface area (Å²) in [6.07, 6.45) is 55.3. The van der Waals surface area contributed by atoms with Gasteiger partial charge in [0.2, 0.25) is 5.91 Å². The number of hydrogen-bond donors (Lipinski definition) is 12. The molecule has 0 aromatic heterocycles. The summed E-state index contributed by atoms with van der Waals surface area (Å²) in [6.45, 7) is 1.71. The van der Waals surface area contributed by atoms with Crippen molar-refractivity contribution in [3.05, 3.63) is 85.1 Å². The van der Waals surface area contributed by atoms with Crippen LogP contribution < -0.4 is 5.32 Å². The molecular weight excluding hydrogens is 1290 g/mol. The molecule has 17 unspecified atom stereocenters. The van der Waals surface area contributed by atoms with Gasteiger partial charge < -0.3 is 89.9 Å². The van der Waals surface area contributed by atoms with E-state index in [-0.39, 0.29) is 18.9 Å². The lowest BCUT2D eigenvalue weighted by atomic mass is 9.96. The van der Waals surface area contributed by atoms with Crippen molar-refractivity contribution in [2.75, 3.05) is 26.4 Å². The van der Waals surface area contributed by atoms with Crippen LogP contribution in [0.4, 0.5) is 0 Å². The Labute approximate surface area is 610 Å². The molecule has 17 atom stereocenters. The van der Waals surface area contributed by atoms with Crippen LogP contribution in [0.25, 0.3) is 0 Å². The minimum atomic E-state index is -1.97. The highest BCUT2D eigenvalue weighted by molar-refractivity contribution is 5.76. The highest BCUT2D eigenvalue weighted by Gasteiger charge is 2.54. The van der Waals surface area contributed by atoms with Crippen LogP contribution in [-0.2, 0) is 33.2 Å². The number of unbranched alkanes of at least 4 members (excludes halogenated alkanes) is 33. The molecule has 1 amide bonds. The minimum absolute atomic E-state index is 0.241. The number of ether oxygens (including phenoxy) is 6. The molecule has 19 nitrogen and oxygen atoms in total. The molecule has 0 spiro atoms. The summed E-state index contributed by atoms with van der Waals surface area (Å²) in [4.78, 5) is 13.5. The Morgan fingerprint density at radius 2 is 0.683 bits per heavy atom. The van der Waals surface area contributed by atoms with Gasteiger partial charge in [0, 0.05) is 6.42 Å². The summed E-state index contributed by atoms with van der Waals surface area (Å²) >= 11 is 0. The number of hydrogen-bond acceptors (Lipinski definition) is 18. The van der Waals surface area contributed by atoms with E-state index in [0.717, 1.165) is 89.9 Å². The lowest BCUT2D eigenvalue weighted by molar-refractivity contribution is -0.379. The van der Waals surface area contributed by atoms with E-state index in [9.17, 15) is 61.0 Å². The molecule has 3 rings (SSSR count). The molecule has 0 saturated carbocycles. The van der Waals surface area contributed by atoms with Crippen molar-refractivity contribution in [1.29, 1.82) is 0 Å². The first-order valence-electron chi connectivity index (χ1n) is 40.3. The fraction of sp³-hybridized carbons (Fsp3) is 0.817. The molecule has 3 saturated heterocycles. The van der Waals surface area contributed by atoms with Crippen molar-refractivity contribution in [2.45, 2.75) is 401 Å². The number of carbonyl (C=O) groups excluding carboxylic acids is 1. The van der Waals surface area contributed by atoms with E-state index in [2.05, 4.69) is 104 Å². The van der Waals surface area contributed by atoms with Crippen LogP contribution in [0.5, 0.6) is 0 Å². The zero-order valence-corrected chi connectivity index (χ0v) is 62.6. The maximum absolute atomic E-state index is 13.5. The number of nitrogens with one attached hydrogen (secondary N) is 1. The van der Waals surface area contributed by atoms with Gasteiger partial charge in [-0.2, -0.15) is 0 Å². The number of allylic oxidation sites excluding steroid dienone is 14. The average Bonchev–Trinajstić information content (AvgIpc) is 0.792. The van der Waals surface area contributed by atoms with Crippen LogP contribution in [0.3, 0.4) is 0 Å². The lowest BCUT2D eigenvalue weighted by Crippen LogP contribution is -2.66. The second kappa shape index (κ2) is 62.1. The predicted molar refractivity (Wildman–Crippen MR) is 401 cm³/mol. The van der Waals surface area contributed by atoms with Gasteiger partial charge in [-0.15, -0.1) is 0 Å². The fourth-order valence-electron chi connectivity index (χ4n) is 13.3. The molecule has 0 aromatic carbocycles. The topological polar surface area (TPSA) is 307 Å². The molecule has 3 aliphatic rings. The Morgan fingerprint density at radius 1 is 0.366 bits per heavy atom. The van der Waals surface area contributed by atoms with Crippen LogP contribution in [0, 0.1) is 0 Å². The number of rotatable bonds is 63. The number of amides is 1. The maximum Gasteiger partial charge on any atom is 0.220 e. The monoisotopic (exact) mass is 1430 g/mol. The smallest absolute Gasteiger partial charge is 0.220 e. The van der Waals surface area contributed by atoms with Crippen molar-refractivity contribution in [3.8, 4) is 0 Å². The fourth-order valence-corrected chi connectivity index (χ4v) is 13.3. The minimum Gasteiger partial charge on any atom is -0.394 e. The van der Waals surface area contributed by atoms with Crippen molar-refractivity contribution in [1.82, 2.24) is 5.32 Å². The van der Waals surface area contributed by atoms with E-state index in [1.54, 1.807) is 0 Å². The SMILES string of the molecule is CC/C=C\C/C=C\C/C=C\C/C=C\C/C=C\C/C=C\C/C=C\CCCCCCCCCCCCCCCCCCCC(=O)NC(COC1OC(CO)C(OC2OC(CO)C(OC3OC(CO)C(O)C(O)C3O)C(O)C2O)C(O)C1O)C(O)CCCCCCCCCCCCCCCCCCC. The van der Waals surface area contributed by atoms with E-state index in [1.165, 1.54) is 173 Å². The third-order valence-corrected chi connectivity index (χ3v) is 19.7. The standard InChI is InChI=1S/C82H145NO18/c1-3-5-7-9-11-13-15-17-19-21-22-23-24-25-26-27-28-29-30-31-32-33-34-35-36-37-38-39-40-41-42-44-46-48-50-52-54-56-58-60-70(88)83-65(66(87)59-57-55-53-51-49-47-45-43-20-18-16-14-12-10-8-6-4-2)64-96-80-76(94)73(91)78(68(62-85)98-80)101-82-77(95)74(92)79(69(63-86)99-82)100-81-75(93)72(90)71(89)67(61-84)97-81/h5,7,11,13,17,19,22-23,25-26,28-29,31-32,65-69,71-82,84-87,89-95H,3-4,6,8-10,12,14-16,18,20-21,24,27,30,33-64H2,1-2H3,(H,83,88)/b7-5-,13-11-,19-17-,23-22-,26-25-,29-28-,32-31-. The maximum atomic E-state index is 13.5. The summed E-state index contributed by atoms with van der Waals surface area (Å²) in [5.41, 5.74) is 0. The van der Waals surface area contributed by atoms with E-state index in [1.807, 2.05) is 0 Å². The van der Waals surface area contributed by atoms with Crippen molar-refractivity contribution in [3.63, 3.8) is 0 Å². The van der Waals surface area contributed by atoms with Gasteiger partial charge in [-0.05, 0) is 70.6 Å². The van der Waals surface area contributed by atoms with Crippen LogP contribution in [0.1, 0.15) is 296 Å². The number of aliphatic hydroxyl groups excluding tert-OH is 11. The summed E-state index contributed by atoms with van der Waals surface area (Å²) in [5.74, 6) is -0.241.